The zero-order chi connectivity index (χ0) is 13.7. The maximum Gasteiger partial charge on any atom is 0.191 e. The molecule has 2 aromatic rings. The number of rotatable bonds is 6. The third kappa shape index (κ3) is 3.72. The highest BCUT2D eigenvalue weighted by molar-refractivity contribution is 7.99. The first-order chi connectivity index (χ1) is 9.22. The lowest BCUT2D eigenvalue weighted by molar-refractivity contribution is 0.184. The molecule has 102 valence electrons. The fourth-order valence-corrected chi connectivity index (χ4v) is 3.09. The number of benzene rings is 1. The summed E-state index contributed by atoms with van der Waals surface area (Å²) in [6.07, 6.45) is 1.72. The molecular weight excluding hydrogens is 282 g/mol. The molecule has 0 N–H and O–H groups in total. The minimum atomic E-state index is 0.221. The van der Waals surface area contributed by atoms with E-state index in [1.54, 1.807) is 25.2 Å². The molecule has 0 amide bonds. The molecule has 6 heteroatoms. The van der Waals surface area contributed by atoms with E-state index in [0.717, 1.165) is 22.3 Å². The largest absolute Gasteiger partial charge is 0.383 e. The lowest BCUT2D eigenvalue weighted by atomic mass is 10.2. The van der Waals surface area contributed by atoms with Gasteiger partial charge in [-0.3, -0.25) is 0 Å². The van der Waals surface area contributed by atoms with Crippen molar-refractivity contribution >= 4 is 23.4 Å². The molecule has 0 aliphatic carbocycles. The monoisotopic (exact) mass is 297 g/mol. The minimum absolute atomic E-state index is 0.221. The Morgan fingerprint density at radius 3 is 2.95 bits per heavy atom. The van der Waals surface area contributed by atoms with E-state index < -0.39 is 0 Å². The summed E-state index contributed by atoms with van der Waals surface area (Å²) in [6.45, 7) is 3.51. The summed E-state index contributed by atoms with van der Waals surface area (Å²) in [5, 5.41) is 9.97. The maximum atomic E-state index is 6.21. The number of methoxy groups -OCH3 is 1. The lowest BCUT2D eigenvalue weighted by Crippen LogP contribution is -2.05. The van der Waals surface area contributed by atoms with Crippen molar-refractivity contribution in [2.24, 2.45) is 0 Å². The molecule has 0 spiro atoms. The highest BCUT2D eigenvalue weighted by Gasteiger charge is 2.14. The van der Waals surface area contributed by atoms with E-state index in [1.165, 1.54) is 0 Å². The van der Waals surface area contributed by atoms with Crippen LogP contribution >= 0.6 is 23.4 Å². The molecule has 1 aromatic carbocycles. The van der Waals surface area contributed by atoms with Gasteiger partial charge in [0.1, 0.15) is 6.33 Å². The van der Waals surface area contributed by atoms with Gasteiger partial charge in [-0.25, -0.2) is 0 Å². The highest BCUT2D eigenvalue weighted by Crippen LogP contribution is 2.36. The average molecular weight is 298 g/mol. The van der Waals surface area contributed by atoms with Crippen LogP contribution in [0.4, 0.5) is 0 Å². The summed E-state index contributed by atoms with van der Waals surface area (Å²) in [4.78, 5) is 0. The molecule has 0 aliphatic rings. The van der Waals surface area contributed by atoms with Crippen molar-refractivity contribution in [3.05, 3.63) is 41.2 Å². The summed E-state index contributed by atoms with van der Waals surface area (Å²) in [7, 11) is 1.68. The molecule has 1 unspecified atom stereocenters. The first kappa shape index (κ1) is 14.4. The smallest absolute Gasteiger partial charge is 0.191 e. The van der Waals surface area contributed by atoms with E-state index >= 15 is 0 Å². The van der Waals surface area contributed by atoms with Gasteiger partial charge in [0.2, 0.25) is 0 Å². The van der Waals surface area contributed by atoms with Crippen molar-refractivity contribution in [2.45, 2.75) is 23.9 Å². The van der Waals surface area contributed by atoms with Crippen LogP contribution < -0.4 is 0 Å². The van der Waals surface area contributed by atoms with Gasteiger partial charge in [-0.05, 0) is 18.6 Å². The lowest BCUT2D eigenvalue weighted by Gasteiger charge is -2.13. The Morgan fingerprint density at radius 2 is 2.21 bits per heavy atom. The zero-order valence-corrected chi connectivity index (χ0v) is 12.5. The molecule has 0 saturated heterocycles. The summed E-state index contributed by atoms with van der Waals surface area (Å²) >= 11 is 7.85. The fourth-order valence-electron chi connectivity index (χ4n) is 1.71. The first-order valence-corrected chi connectivity index (χ1v) is 7.26. The number of halogens is 1. The zero-order valence-electron chi connectivity index (χ0n) is 10.9. The SMILES string of the molecule is COCCn1cnnc1SC(C)c1ccccc1Cl. The third-order valence-electron chi connectivity index (χ3n) is 2.74. The van der Waals surface area contributed by atoms with Gasteiger partial charge in [0.05, 0.1) is 6.61 Å². The van der Waals surface area contributed by atoms with Gasteiger partial charge in [0, 0.05) is 23.9 Å². The predicted molar refractivity (Wildman–Crippen MR) is 77.6 cm³/mol. The van der Waals surface area contributed by atoms with E-state index in [9.17, 15) is 0 Å². The molecule has 0 bridgehead atoms. The van der Waals surface area contributed by atoms with Crippen molar-refractivity contribution in [1.29, 1.82) is 0 Å². The predicted octanol–water partition coefficient (Wildman–Crippen LogP) is 3.43. The van der Waals surface area contributed by atoms with Gasteiger partial charge in [-0.1, -0.05) is 41.6 Å². The van der Waals surface area contributed by atoms with Crippen LogP contribution in [0.2, 0.25) is 5.02 Å². The van der Waals surface area contributed by atoms with Crippen LogP contribution in [-0.4, -0.2) is 28.5 Å². The van der Waals surface area contributed by atoms with Gasteiger partial charge < -0.3 is 9.30 Å². The van der Waals surface area contributed by atoms with Crippen LogP contribution in [0.3, 0.4) is 0 Å². The summed E-state index contributed by atoms with van der Waals surface area (Å²) in [5.41, 5.74) is 1.11. The van der Waals surface area contributed by atoms with Gasteiger partial charge in [0.15, 0.2) is 5.16 Å². The fraction of sp³-hybridized carbons (Fsp3) is 0.385. The molecule has 2 rings (SSSR count). The molecule has 1 atom stereocenters. The van der Waals surface area contributed by atoms with E-state index in [-0.39, 0.29) is 5.25 Å². The number of aromatic nitrogens is 3. The first-order valence-electron chi connectivity index (χ1n) is 6.00. The van der Waals surface area contributed by atoms with Crippen molar-refractivity contribution in [1.82, 2.24) is 14.8 Å². The Hall–Kier alpha value is -1.04. The Kier molecular flexibility index (Phi) is 5.24. The normalized spacial score (nSPS) is 12.6. The number of nitrogens with zero attached hydrogens (tertiary/aromatic N) is 3. The molecule has 0 fully saturated rings. The van der Waals surface area contributed by atoms with Crippen LogP contribution in [0.1, 0.15) is 17.7 Å². The summed E-state index contributed by atoms with van der Waals surface area (Å²) in [6, 6.07) is 7.87. The topological polar surface area (TPSA) is 39.9 Å². The maximum absolute atomic E-state index is 6.21. The number of hydrogen-bond donors (Lipinski definition) is 0. The Balaban J connectivity index is 2.09. The molecule has 1 heterocycles. The van der Waals surface area contributed by atoms with Crippen LogP contribution in [0, 0.1) is 0 Å². The van der Waals surface area contributed by atoms with Crippen molar-refractivity contribution in [2.75, 3.05) is 13.7 Å². The number of thioether (sulfide) groups is 1. The van der Waals surface area contributed by atoms with Gasteiger partial charge in [-0.2, -0.15) is 0 Å². The van der Waals surface area contributed by atoms with Crippen molar-refractivity contribution in [3.63, 3.8) is 0 Å². The Labute approximate surface area is 122 Å². The van der Waals surface area contributed by atoms with E-state index in [4.69, 9.17) is 16.3 Å². The second-order valence-electron chi connectivity index (χ2n) is 4.08. The highest BCUT2D eigenvalue weighted by atomic mass is 35.5. The van der Waals surface area contributed by atoms with Crippen LogP contribution in [0.15, 0.2) is 35.7 Å². The number of hydrogen-bond acceptors (Lipinski definition) is 4. The molecule has 0 aliphatic heterocycles. The average Bonchev–Trinajstić information content (AvgIpc) is 2.84. The quantitative estimate of drug-likeness (QED) is 0.766. The second-order valence-corrected chi connectivity index (χ2v) is 5.80. The van der Waals surface area contributed by atoms with E-state index in [0.29, 0.717) is 6.61 Å². The van der Waals surface area contributed by atoms with Gasteiger partial charge >= 0.3 is 0 Å². The molecule has 0 radical (unpaired) electrons. The second kappa shape index (κ2) is 6.93. The van der Waals surface area contributed by atoms with Crippen molar-refractivity contribution in [3.8, 4) is 0 Å². The van der Waals surface area contributed by atoms with Crippen LogP contribution in [0.5, 0.6) is 0 Å². The van der Waals surface area contributed by atoms with Crippen LogP contribution in [-0.2, 0) is 11.3 Å². The van der Waals surface area contributed by atoms with E-state index in [1.807, 2.05) is 28.8 Å². The van der Waals surface area contributed by atoms with Gasteiger partial charge in [0.25, 0.3) is 0 Å². The minimum Gasteiger partial charge on any atom is -0.383 e. The molecule has 1 aromatic heterocycles. The molecule has 0 saturated carbocycles. The Morgan fingerprint density at radius 1 is 1.42 bits per heavy atom. The van der Waals surface area contributed by atoms with Crippen molar-refractivity contribution < 1.29 is 4.74 Å². The third-order valence-corrected chi connectivity index (χ3v) is 4.22. The van der Waals surface area contributed by atoms with Crippen LogP contribution in [0.25, 0.3) is 0 Å². The Bertz CT molecular complexity index is 532. The standard InChI is InChI=1S/C13H16ClN3OS/c1-10(11-5-3-4-6-12(11)14)19-13-16-15-9-17(13)7-8-18-2/h3-6,9-10H,7-8H2,1-2H3. The summed E-state index contributed by atoms with van der Waals surface area (Å²) in [5.74, 6) is 0. The van der Waals surface area contributed by atoms with E-state index in [2.05, 4.69) is 17.1 Å². The molecule has 4 nitrogen and oxygen atoms in total. The molecule has 19 heavy (non-hydrogen) atoms. The summed E-state index contributed by atoms with van der Waals surface area (Å²) < 4.78 is 7.06. The number of ether oxygens (including phenoxy) is 1. The molecular formula is C13H16ClN3OS. The van der Waals surface area contributed by atoms with Gasteiger partial charge in [-0.15, -0.1) is 10.2 Å².